The molecule has 0 saturated heterocycles. The maximum Gasteiger partial charge on any atom is 0.183 e. The summed E-state index contributed by atoms with van der Waals surface area (Å²) in [5, 5.41) is 0. The molecule has 0 atom stereocenters. The molecule has 0 saturated carbocycles. The molecular formula is C12H11N5S. The normalized spacial score (nSPS) is 10.9. The van der Waals surface area contributed by atoms with Gasteiger partial charge in [-0.25, -0.2) is 15.0 Å². The highest BCUT2D eigenvalue weighted by molar-refractivity contribution is 7.98. The number of benzene rings is 1. The van der Waals surface area contributed by atoms with Gasteiger partial charge in [-0.2, -0.15) is 0 Å². The Morgan fingerprint density at radius 3 is 2.61 bits per heavy atom. The first-order valence-corrected chi connectivity index (χ1v) is 6.61. The number of fused-ring (bicyclic) bond motifs is 1. The van der Waals surface area contributed by atoms with E-state index in [2.05, 4.69) is 32.1 Å². The first-order chi connectivity index (χ1) is 8.78. The highest BCUT2D eigenvalue weighted by atomic mass is 32.2. The van der Waals surface area contributed by atoms with Gasteiger partial charge in [0.25, 0.3) is 0 Å². The van der Waals surface area contributed by atoms with Crippen molar-refractivity contribution >= 4 is 28.7 Å². The summed E-state index contributed by atoms with van der Waals surface area (Å²) in [7, 11) is 0. The van der Waals surface area contributed by atoms with Crippen LogP contribution in [-0.2, 0) is 0 Å². The van der Waals surface area contributed by atoms with Crippen molar-refractivity contribution < 1.29 is 0 Å². The number of nitrogens with two attached hydrogens (primary N) is 1. The fraction of sp³-hybridized carbons (Fsp3) is 0.0833. The second kappa shape index (κ2) is 4.30. The van der Waals surface area contributed by atoms with Crippen molar-refractivity contribution in [2.45, 2.75) is 4.90 Å². The third-order valence-corrected chi connectivity index (χ3v) is 3.42. The summed E-state index contributed by atoms with van der Waals surface area (Å²) in [5.41, 5.74) is 8.04. The van der Waals surface area contributed by atoms with Crippen molar-refractivity contribution in [2.75, 3.05) is 12.0 Å². The van der Waals surface area contributed by atoms with Gasteiger partial charge < -0.3 is 10.7 Å². The number of nitrogen functional groups attached to an aromatic ring is 1. The molecule has 3 N–H and O–H groups in total. The predicted molar refractivity (Wildman–Crippen MR) is 73.3 cm³/mol. The second-order valence-corrected chi connectivity index (χ2v) is 4.65. The van der Waals surface area contributed by atoms with Gasteiger partial charge in [-0.1, -0.05) is 12.1 Å². The number of nitrogens with one attached hydrogen (secondary N) is 1. The van der Waals surface area contributed by atoms with Crippen molar-refractivity contribution in [3.05, 3.63) is 30.6 Å². The molecule has 2 aromatic heterocycles. The van der Waals surface area contributed by atoms with E-state index in [9.17, 15) is 0 Å². The van der Waals surface area contributed by atoms with Crippen LogP contribution < -0.4 is 5.73 Å². The fourth-order valence-corrected chi connectivity index (χ4v) is 2.14. The summed E-state index contributed by atoms with van der Waals surface area (Å²) in [6.07, 6.45) is 3.46. The molecule has 0 spiro atoms. The predicted octanol–water partition coefficient (Wildman–Crippen LogP) is 2.32. The van der Waals surface area contributed by atoms with E-state index in [0.717, 1.165) is 11.4 Å². The monoisotopic (exact) mass is 257 g/mol. The van der Waals surface area contributed by atoms with Gasteiger partial charge in [0.1, 0.15) is 17.7 Å². The first-order valence-electron chi connectivity index (χ1n) is 5.38. The number of hydrogen-bond donors (Lipinski definition) is 2. The van der Waals surface area contributed by atoms with Crippen LogP contribution in [0.25, 0.3) is 22.6 Å². The van der Waals surface area contributed by atoms with Crippen LogP contribution in [-0.4, -0.2) is 26.2 Å². The van der Waals surface area contributed by atoms with Gasteiger partial charge in [-0.3, -0.25) is 0 Å². The van der Waals surface area contributed by atoms with Crippen molar-refractivity contribution in [3.63, 3.8) is 0 Å². The molecule has 6 heteroatoms. The van der Waals surface area contributed by atoms with Crippen LogP contribution >= 0.6 is 11.8 Å². The van der Waals surface area contributed by atoms with Crippen molar-refractivity contribution in [2.24, 2.45) is 0 Å². The van der Waals surface area contributed by atoms with Crippen LogP contribution in [0.5, 0.6) is 0 Å². The Bertz CT molecular complexity index is 689. The van der Waals surface area contributed by atoms with Crippen molar-refractivity contribution in [1.82, 2.24) is 19.9 Å². The van der Waals surface area contributed by atoms with Crippen LogP contribution in [0.15, 0.2) is 35.5 Å². The molecular weight excluding hydrogens is 246 g/mol. The standard InChI is InChI=1S/C12H11N5S/c1-18-8-4-2-7(3-5-8)11-16-9-10(13)14-6-15-12(9)17-11/h2-6H,1H3,(H3,13,14,15,16,17). The zero-order valence-corrected chi connectivity index (χ0v) is 10.5. The van der Waals surface area contributed by atoms with Gasteiger partial charge in [0.15, 0.2) is 11.5 Å². The lowest BCUT2D eigenvalue weighted by Crippen LogP contribution is -1.91. The Morgan fingerprint density at radius 1 is 1.17 bits per heavy atom. The SMILES string of the molecule is CSc1ccc(-c2nc3ncnc(N)c3[nH]2)cc1. The Morgan fingerprint density at radius 2 is 1.94 bits per heavy atom. The molecule has 1 aromatic carbocycles. The molecule has 0 unspecified atom stereocenters. The number of thioether (sulfide) groups is 1. The number of rotatable bonds is 2. The molecule has 90 valence electrons. The molecule has 2 heterocycles. The first kappa shape index (κ1) is 11.0. The van der Waals surface area contributed by atoms with E-state index >= 15 is 0 Å². The third kappa shape index (κ3) is 1.80. The maximum absolute atomic E-state index is 5.77. The molecule has 18 heavy (non-hydrogen) atoms. The van der Waals surface area contributed by atoms with E-state index in [4.69, 9.17) is 5.73 Å². The second-order valence-electron chi connectivity index (χ2n) is 3.77. The van der Waals surface area contributed by atoms with Gasteiger partial charge >= 0.3 is 0 Å². The number of nitrogens with zero attached hydrogens (tertiary/aromatic N) is 3. The minimum absolute atomic E-state index is 0.416. The molecule has 5 nitrogen and oxygen atoms in total. The molecule has 0 bridgehead atoms. The quantitative estimate of drug-likeness (QED) is 0.689. The Labute approximate surface area is 108 Å². The van der Waals surface area contributed by atoms with E-state index in [-0.39, 0.29) is 0 Å². The third-order valence-electron chi connectivity index (χ3n) is 2.68. The average Bonchev–Trinajstić information content (AvgIpc) is 2.84. The number of H-pyrrole nitrogens is 1. The number of aromatic amines is 1. The van der Waals surface area contributed by atoms with E-state index < -0.39 is 0 Å². The lowest BCUT2D eigenvalue weighted by molar-refractivity contribution is 1.21. The fourth-order valence-electron chi connectivity index (χ4n) is 1.73. The molecule has 0 fully saturated rings. The van der Waals surface area contributed by atoms with Gasteiger partial charge in [-0.15, -0.1) is 11.8 Å². The van der Waals surface area contributed by atoms with E-state index in [1.54, 1.807) is 11.8 Å². The average molecular weight is 257 g/mol. The van der Waals surface area contributed by atoms with Crippen LogP contribution in [0.4, 0.5) is 5.82 Å². The van der Waals surface area contributed by atoms with E-state index in [1.165, 1.54) is 11.2 Å². The van der Waals surface area contributed by atoms with Gasteiger partial charge in [0.05, 0.1) is 0 Å². The summed E-state index contributed by atoms with van der Waals surface area (Å²) in [6.45, 7) is 0. The largest absolute Gasteiger partial charge is 0.382 e. The molecule has 0 radical (unpaired) electrons. The number of imidazole rings is 1. The zero-order valence-electron chi connectivity index (χ0n) is 9.71. The Kier molecular flexibility index (Phi) is 2.64. The smallest absolute Gasteiger partial charge is 0.183 e. The number of aromatic nitrogens is 4. The van der Waals surface area contributed by atoms with E-state index in [1.807, 2.05) is 18.4 Å². The lowest BCUT2D eigenvalue weighted by Gasteiger charge is -1.98. The Balaban J connectivity index is 2.10. The van der Waals surface area contributed by atoms with Gasteiger partial charge in [0, 0.05) is 10.5 Å². The van der Waals surface area contributed by atoms with Crippen LogP contribution in [0.3, 0.4) is 0 Å². The van der Waals surface area contributed by atoms with Crippen molar-refractivity contribution in [1.29, 1.82) is 0 Å². The summed E-state index contributed by atoms with van der Waals surface area (Å²) >= 11 is 1.71. The Hall–Kier alpha value is -2.08. The van der Waals surface area contributed by atoms with Crippen LogP contribution in [0.2, 0.25) is 0 Å². The maximum atomic E-state index is 5.77. The minimum atomic E-state index is 0.416. The van der Waals surface area contributed by atoms with Crippen molar-refractivity contribution in [3.8, 4) is 11.4 Å². The van der Waals surface area contributed by atoms with Crippen LogP contribution in [0, 0.1) is 0 Å². The number of hydrogen-bond acceptors (Lipinski definition) is 5. The molecule has 0 amide bonds. The summed E-state index contributed by atoms with van der Waals surface area (Å²) in [6, 6.07) is 8.16. The zero-order chi connectivity index (χ0) is 12.5. The number of anilines is 1. The topological polar surface area (TPSA) is 80.5 Å². The minimum Gasteiger partial charge on any atom is -0.382 e. The highest BCUT2D eigenvalue weighted by Crippen LogP contribution is 2.23. The lowest BCUT2D eigenvalue weighted by atomic mass is 10.2. The summed E-state index contributed by atoms with van der Waals surface area (Å²) in [4.78, 5) is 16.8. The summed E-state index contributed by atoms with van der Waals surface area (Å²) in [5.74, 6) is 1.17. The molecule has 0 aliphatic rings. The molecule has 0 aliphatic heterocycles. The van der Waals surface area contributed by atoms with Crippen LogP contribution in [0.1, 0.15) is 0 Å². The molecule has 0 aliphatic carbocycles. The molecule has 3 aromatic rings. The van der Waals surface area contributed by atoms with E-state index in [0.29, 0.717) is 17.0 Å². The molecule has 3 rings (SSSR count). The summed E-state index contributed by atoms with van der Waals surface area (Å²) < 4.78 is 0. The van der Waals surface area contributed by atoms with Gasteiger partial charge in [-0.05, 0) is 18.4 Å². The highest BCUT2D eigenvalue weighted by Gasteiger charge is 2.08. The van der Waals surface area contributed by atoms with Gasteiger partial charge in [0.2, 0.25) is 0 Å².